The zero-order valence-electron chi connectivity index (χ0n) is 54.1. The zero-order chi connectivity index (χ0) is 69.8. The Morgan fingerprint density at radius 3 is 1.46 bits per heavy atom. The fourth-order valence-corrected chi connectivity index (χ4v) is 13.1. The number of sulfonamides is 2. The van der Waals surface area contributed by atoms with Crippen LogP contribution in [0.25, 0.3) is 100 Å². The maximum Gasteiger partial charge on any atom is 0.497 e. The Hall–Kier alpha value is -10.2. The van der Waals surface area contributed by atoms with E-state index in [4.69, 9.17) is 44.2 Å². The topological polar surface area (TPSA) is 232 Å². The van der Waals surface area contributed by atoms with E-state index in [0.717, 1.165) is 26.6 Å². The van der Waals surface area contributed by atoms with Crippen molar-refractivity contribution in [3.63, 3.8) is 0 Å². The number of benzene rings is 6. The van der Waals surface area contributed by atoms with E-state index in [1.165, 1.54) is 82.8 Å². The van der Waals surface area contributed by atoms with Crippen LogP contribution >= 0.6 is 11.6 Å². The number of para-hydroxylation sites is 2. The summed E-state index contributed by atoms with van der Waals surface area (Å²) in [6, 6.07) is 38.4. The normalized spacial score (nSPS) is 14.3. The second-order valence-electron chi connectivity index (χ2n) is 24.4. The Balaban J connectivity index is 0.000000142. The lowest BCUT2D eigenvalue weighted by Gasteiger charge is -2.32. The lowest BCUT2D eigenvalue weighted by Crippen LogP contribution is -2.41. The highest BCUT2D eigenvalue weighted by Crippen LogP contribution is 2.47. The molecule has 0 saturated carbocycles. The van der Waals surface area contributed by atoms with Crippen molar-refractivity contribution < 1.29 is 71.6 Å². The smallest absolute Gasteiger partial charge is 0.470 e. The molecule has 3 aliphatic heterocycles. The van der Waals surface area contributed by atoms with Crippen molar-refractivity contribution in [3.05, 3.63) is 185 Å². The summed E-state index contributed by atoms with van der Waals surface area (Å²) in [6.45, 7) is 7.95. The number of carbonyl (C=O) groups excluding carboxylic acids is 2. The number of aromatic nitrogens is 4. The van der Waals surface area contributed by atoms with Gasteiger partial charge in [-0.05, 0) is 137 Å². The van der Waals surface area contributed by atoms with Gasteiger partial charge in [0.2, 0.25) is 20.0 Å². The first-order valence-corrected chi connectivity index (χ1v) is 34.4. The van der Waals surface area contributed by atoms with Gasteiger partial charge in [-0.3, -0.25) is 18.2 Å². The molecule has 0 aliphatic carbocycles. The number of halogens is 5. The van der Waals surface area contributed by atoms with Crippen LogP contribution in [-0.4, -0.2) is 107 Å². The van der Waals surface area contributed by atoms with Crippen LogP contribution < -0.4 is 34.2 Å². The molecule has 20 nitrogen and oxygen atoms in total. The molecule has 0 spiro atoms. The Labute approximate surface area is 564 Å². The highest BCUT2D eigenvalue weighted by atomic mass is 35.5. The van der Waals surface area contributed by atoms with Crippen LogP contribution in [0, 0.1) is 23.3 Å². The van der Waals surface area contributed by atoms with Gasteiger partial charge in [-0.25, -0.2) is 44.4 Å². The van der Waals surface area contributed by atoms with Crippen LogP contribution in [0.2, 0.25) is 5.15 Å². The molecule has 1 fully saturated rings. The average Bonchev–Trinajstić information content (AvgIpc) is 1.58. The van der Waals surface area contributed by atoms with Crippen molar-refractivity contribution in [2.75, 3.05) is 49.3 Å². The van der Waals surface area contributed by atoms with Crippen molar-refractivity contribution in [2.24, 2.45) is 0 Å². The number of rotatable bonds is 10. The van der Waals surface area contributed by atoms with E-state index in [1.54, 1.807) is 75.9 Å². The van der Waals surface area contributed by atoms with Gasteiger partial charge in [0.15, 0.2) is 25.1 Å². The number of hydrogen-bond acceptors (Lipinski definition) is 14. The predicted octanol–water partition coefficient (Wildman–Crippen LogP) is 13.3. The molecule has 6 aromatic heterocycles. The fraction of sp³-hybridized carbons (Fsp3) is 0.200. The Bertz CT molecular complexity index is 5490. The van der Waals surface area contributed by atoms with E-state index in [9.17, 15) is 39.6 Å². The number of hydrogen-bond donors (Lipinski definition) is 2. The highest BCUT2D eigenvalue weighted by molar-refractivity contribution is 7.92. The standard InChI is InChI=1S/C32H24F2N4O5S.C24H28BFN2O6S.C14H8ClFN2O/c1-35-32(39)27-21-14-20(24(37(2)44(3,40)41)15-26(21)43-31(27)17-8-10-18(33)11-9-17)22-12-13-25-29(36-22)30-28(34)19-6-4-5-7-23(19)38(30)16-42-25;1-23(2)24(3,4)34-25(33-23)17-12-16-19(13-18(17)28(6)35(7,30)31)32-21(20(16)22(29)27-5)14-8-10-15(26)11-9-14;15-11-6-5-10-13(17-11)14-12(16)8-3-1-2-4-9(8)18(14)7-19-10/h4-15H,16H2,1-3H3,(H,35,39);8-13H,1-7H3,(H,27,29);1-6H,7H2. The maximum atomic E-state index is 15.8. The Kier molecular flexibility index (Phi) is 16.8. The molecule has 15 rings (SSSR count). The summed E-state index contributed by atoms with van der Waals surface area (Å²) >= 11 is 5.90. The maximum absolute atomic E-state index is 15.8. The molecular formula is C70H60BClF4N8O12S2. The SMILES string of the molecule is CNC(=O)c1c(-c2ccc(F)cc2)oc2cc(N(C)S(C)(=O)=O)c(-c3ccc4c(n3)-c3c(F)c5ccccc5n3CO4)cc12.CNC(=O)c1c(-c2ccc(F)cc2)oc2cc(N(C)S(C)(=O)=O)c(B3OC(C)(C)C(C)(C)O3)cc12.Fc1c2n(c3ccccc13)COc1ccc(Cl)nc1-2. The Morgan fingerprint density at radius 1 is 0.561 bits per heavy atom. The molecule has 98 heavy (non-hydrogen) atoms. The molecule has 0 atom stereocenters. The van der Waals surface area contributed by atoms with Gasteiger partial charge in [0.05, 0.1) is 62.9 Å². The molecule has 2 amide bonds. The van der Waals surface area contributed by atoms with Gasteiger partial charge < -0.3 is 47.4 Å². The lowest BCUT2D eigenvalue weighted by molar-refractivity contribution is 0.00578. The van der Waals surface area contributed by atoms with Crippen molar-refractivity contribution in [3.8, 4) is 68.2 Å². The number of anilines is 2. The van der Waals surface area contributed by atoms with Crippen LogP contribution in [0.5, 0.6) is 11.5 Å². The third-order valence-corrected chi connectivity index (χ3v) is 20.5. The predicted molar refractivity (Wildman–Crippen MR) is 368 cm³/mol. The summed E-state index contributed by atoms with van der Waals surface area (Å²) < 4.78 is 150. The monoisotopic (exact) mass is 1390 g/mol. The van der Waals surface area contributed by atoms with Gasteiger partial charge in [-0.2, -0.15) is 0 Å². The second-order valence-corrected chi connectivity index (χ2v) is 28.8. The fourth-order valence-electron chi connectivity index (χ4n) is 12.0. The first-order chi connectivity index (χ1) is 46.5. The van der Waals surface area contributed by atoms with Crippen LogP contribution in [-0.2, 0) is 42.8 Å². The molecule has 2 N–H and O–H groups in total. The molecule has 9 heterocycles. The molecule has 1 saturated heterocycles. The number of nitrogens with one attached hydrogen (secondary N) is 2. The molecular weight excluding hydrogens is 1330 g/mol. The number of ether oxygens (including phenoxy) is 2. The Morgan fingerprint density at radius 2 is 0.990 bits per heavy atom. The minimum absolute atomic E-state index is 0.0957. The van der Waals surface area contributed by atoms with Gasteiger partial charge in [0, 0.05) is 84.0 Å². The number of carbonyl (C=O) groups is 2. The summed E-state index contributed by atoms with van der Waals surface area (Å²) in [5.41, 5.74) is 4.96. The minimum Gasteiger partial charge on any atom is -0.470 e. The van der Waals surface area contributed by atoms with Gasteiger partial charge in [-0.15, -0.1) is 0 Å². The summed E-state index contributed by atoms with van der Waals surface area (Å²) in [6.07, 6.45) is 2.15. The summed E-state index contributed by atoms with van der Waals surface area (Å²) in [7, 11) is -2.54. The molecule has 0 bridgehead atoms. The summed E-state index contributed by atoms with van der Waals surface area (Å²) in [4.78, 5) is 35.1. The van der Waals surface area contributed by atoms with Gasteiger partial charge >= 0.3 is 7.12 Å². The first-order valence-electron chi connectivity index (χ1n) is 30.4. The highest BCUT2D eigenvalue weighted by Gasteiger charge is 2.53. The largest absolute Gasteiger partial charge is 0.497 e. The molecule has 502 valence electrons. The van der Waals surface area contributed by atoms with E-state index >= 15 is 4.39 Å². The molecule has 6 aromatic carbocycles. The van der Waals surface area contributed by atoms with Gasteiger partial charge in [-0.1, -0.05) is 35.9 Å². The van der Waals surface area contributed by atoms with Crippen LogP contribution in [0.4, 0.5) is 28.9 Å². The lowest BCUT2D eigenvalue weighted by atomic mass is 9.77. The third kappa shape index (κ3) is 11.6. The zero-order valence-corrected chi connectivity index (χ0v) is 56.5. The molecule has 3 aliphatic rings. The number of amides is 2. The van der Waals surface area contributed by atoms with E-state index in [-0.39, 0.29) is 70.2 Å². The summed E-state index contributed by atoms with van der Waals surface area (Å²) in [5.74, 6) is -1.14. The van der Waals surface area contributed by atoms with Gasteiger partial charge in [0.1, 0.15) is 73.7 Å². The van der Waals surface area contributed by atoms with Crippen LogP contribution in [0.15, 0.2) is 154 Å². The quantitative estimate of drug-likeness (QED) is 0.0737. The average molecular weight is 1390 g/mol. The van der Waals surface area contributed by atoms with Crippen molar-refractivity contribution >= 4 is 111 Å². The van der Waals surface area contributed by atoms with Crippen LogP contribution in [0.3, 0.4) is 0 Å². The van der Waals surface area contributed by atoms with Crippen molar-refractivity contribution in [1.29, 1.82) is 0 Å². The second kappa shape index (κ2) is 24.7. The molecule has 28 heteroatoms. The van der Waals surface area contributed by atoms with E-state index in [0.29, 0.717) is 88.6 Å². The van der Waals surface area contributed by atoms with E-state index < -0.39 is 67.6 Å². The minimum atomic E-state index is -3.77. The van der Waals surface area contributed by atoms with Crippen molar-refractivity contribution in [1.82, 2.24) is 29.7 Å². The number of furan rings is 2. The molecule has 0 unspecified atom stereocenters. The number of pyridine rings is 2. The third-order valence-electron chi connectivity index (χ3n) is 17.9. The van der Waals surface area contributed by atoms with Crippen molar-refractivity contribution in [2.45, 2.75) is 52.4 Å². The molecule has 0 radical (unpaired) electrons. The van der Waals surface area contributed by atoms with E-state index in [1.807, 2.05) is 52.0 Å². The van der Waals surface area contributed by atoms with E-state index in [2.05, 4.69) is 15.6 Å². The number of nitrogens with zero attached hydrogens (tertiary/aromatic N) is 6. The number of fused-ring (bicyclic) bond motifs is 12. The van der Waals surface area contributed by atoms with Crippen LogP contribution in [0.1, 0.15) is 48.4 Å². The van der Waals surface area contributed by atoms with Gasteiger partial charge in [0.25, 0.3) is 11.8 Å². The summed E-state index contributed by atoms with van der Waals surface area (Å²) in [5, 5.41) is 7.36. The molecule has 12 aromatic rings. The first kappa shape index (κ1) is 66.4.